The van der Waals surface area contributed by atoms with E-state index in [1.807, 2.05) is 0 Å². The maximum atomic E-state index is 13.3. The van der Waals surface area contributed by atoms with Gasteiger partial charge in [-0.05, 0) is 5.92 Å². The molecule has 0 aromatic heterocycles. The van der Waals surface area contributed by atoms with Gasteiger partial charge in [0.1, 0.15) is 5.69 Å². The number of rotatable bonds is 6. The van der Waals surface area contributed by atoms with E-state index >= 15 is 0 Å². The third kappa shape index (κ3) is 3.37. The monoisotopic (exact) mass is 297 g/mol. The normalized spacial score (nSPS) is 12.3. The van der Waals surface area contributed by atoms with Gasteiger partial charge < -0.3 is 10.4 Å². The van der Waals surface area contributed by atoms with Crippen molar-refractivity contribution in [1.29, 1.82) is 0 Å². The zero-order valence-electron chi connectivity index (χ0n) is 10.4. The third-order valence-corrected chi connectivity index (χ3v) is 2.82. The summed E-state index contributed by atoms with van der Waals surface area (Å²) in [6.45, 7) is 1.43. The maximum absolute atomic E-state index is 13.3. The molecule has 0 aliphatic rings. The standard InChI is InChI=1S/C12H12F5NO2/c1-2-5(3-6(19)20)4-18-12-10(16)8(14)7(13)9(15)11(12)17/h5,18H,2-4H2,1H3,(H,19,20). The number of hydrogen-bond acceptors (Lipinski definition) is 2. The fourth-order valence-corrected chi connectivity index (χ4v) is 1.61. The summed E-state index contributed by atoms with van der Waals surface area (Å²) in [7, 11) is 0. The summed E-state index contributed by atoms with van der Waals surface area (Å²) in [5.41, 5.74) is -1.15. The molecule has 0 aliphatic carbocycles. The van der Waals surface area contributed by atoms with E-state index in [1.54, 1.807) is 6.92 Å². The summed E-state index contributed by atoms with van der Waals surface area (Å²) in [6.07, 6.45) is 0.0909. The number of nitrogens with one attached hydrogen (secondary N) is 1. The lowest BCUT2D eigenvalue weighted by Gasteiger charge is -2.16. The van der Waals surface area contributed by atoms with Crippen molar-refractivity contribution < 1.29 is 31.9 Å². The van der Waals surface area contributed by atoms with Crippen LogP contribution in [0.2, 0.25) is 0 Å². The van der Waals surface area contributed by atoms with Gasteiger partial charge in [-0.15, -0.1) is 0 Å². The largest absolute Gasteiger partial charge is 0.481 e. The van der Waals surface area contributed by atoms with E-state index in [0.717, 1.165) is 0 Å². The van der Waals surface area contributed by atoms with Crippen molar-refractivity contribution in [2.45, 2.75) is 19.8 Å². The van der Waals surface area contributed by atoms with Crippen molar-refractivity contribution in [2.24, 2.45) is 5.92 Å². The molecule has 1 unspecified atom stereocenters. The summed E-state index contributed by atoms with van der Waals surface area (Å²) in [5.74, 6) is -11.9. The number of halogens is 5. The number of carboxylic acids is 1. The molecule has 0 heterocycles. The van der Waals surface area contributed by atoms with E-state index in [9.17, 15) is 26.7 Å². The number of anilines is 1. The molecule has 3 nitrogen and oxygen atoms in total. The molecular weight excluding hydrogens is 285 g/mol. The van der Waals surface area contributed by atoms with Crippen LogP contribution in [0.3, 0.4) is 0 Å². The molecule has 20 heavy (non-hydrogen) atoms. The Balaban J connectivity index is 2.96. The van der Waals surface area contributed by atoms with Crippen molar-refractivity contribution in [3.8, 4) is 0 Å². The summed E-state index contributed by atoms with van der Waals surface area (Å²) < 4.78 is 65.3. The van der Waals surface area contributed by atoms with Crippen LogP contribution in [-0.4, -0.2) is 17.6 Å². The quantitative estimate of drug-likeness (QED) is 0.481. The van der Waals surface area contributed by atoms with Crippen LogP contribution in [-0.2, 0) is 4.79 Å². The Morgan fingerprint density at radius 1 is 1.05 bits per heavy atom. The van der Waals surface area contributed by atoms with Gasteiger partial charge in [0.05, 0.1) is 0 Å². The molecule has 0 radical (unpaired) electrons. The third-order valence-electron chi connectivity index (χ3n) is 2.82. The lowest BCUT2D eigenvalue weighted by atomic mass is 10.0. The van der Waals surface area contributed by atoms with Crippen LogP contribution in [0.25, 0.3) is 0 Å². The first-order chi connectivity index (χ1) is 9.29. The van der Waals surface area contributed by atoms with Crippen molar-refractivity contribution in [3.05, 3.63) is 29.1 Å². The van der Waals surface area contributed by atoms with Gasteiger partial charge in [0, 0.05) is 13.0 Å². The second kappa shape index (κ2) is 6.53. The second-order valence-corrected chi connectivity index (χ2v) is 4.20. The Morgan fingerprint density at radius 3 is 1.90 bits per heavy atom. The number of hydrogen-bond donors (Lipinski definition) is 2. The minimum atomic E-state index is -2.23. The van der Waals surface area contributed by atoms with Crippen LogP contribution >= 0.6 is 0 Å². The zero-order chi connectivity index (χ0) is 15.4. The molecule has 1 rings (SSSR count). The highest BCUT2D eigenvalue weighted by Crippen LogP contribution is 2.27. The smallest absolute Gasteiger partial charge is 0.303 e. The number of aliphatic carboxylic acids is 1. The van der Waals surface area contributed by atoms with Crippen LogP contribution < -0.4 is 5.32 Å². The average molecular weight is 297 g/mol. The van der Waals surface area contributed by atoms with Crippen molar-refractivity contribution in [1.82, 2.24) is 0 Å². The van der Waals surface area contributed by atoms with E-state index in [-0.39, 0.29) is 13.0 Å². The van der Waals surface area contributed by atoms with Gasteiger partial charge in [-0.25, -0.2) is 22.0 Å². The number of carbonyl (C=O) groups is 1. The van der Waals surface area contributed by atoms with Crippen LogP contribution in [0.15, 0.2) is 0 Å². The van der Waals surface area contributed by atoms with E-state index in [0.29, 0.717) is 6.42 Å². The summed E-state index contributed by atoms with van der Waals surface area (Å²) in [4.78, 5) is 10.5. The van der Waals surface area contributed by atoms with Crippen LogP contribution in [0.1, 0.15) is 19.8 Å². The molecule has 0 saturated carbocycles. The van der Waals surface area contributed by atoms with Gasteiger partial charge >= 0.3 is 5.97 Å². The molecule has 2 N–H and O–H groups in total. The Morgan fingerprint density at radius 2 is 1.50 bits per heavy atom. The van der Waals surface area contributed by atoms with Gasteiger partial charge in [-0.1, -0.05) is 13.3 Å². The maximum Gasteiger partial charge on any atom is 0.303 e. The number of carboxylic acid groups (broad SMARTS) is 1. The first kappa shape index (κ1) is 16.2. The van der Waals surface area contributed by atoms with Gasteiger partial charge in [-0.2, -0.15) is 0 Å². The minimum absolute atomic E-state index is 0.221. The fraction of sp³-hybridized carbons (Fsp3) is 0.417. The molecule has 0 saturated heterocycles. The van der Waals surface area contributed by atoms with Gasteiger partial charge in [0.25, 0.3) is 0 Å². The Bertz CT molecular complexity index is 492. The van der Waals surface area contributed by atoms with E-state index in [2.05, 4.69) is 5.32 Å². The highest BCUT2D eigenvalue weighted by atomic mass is 19.2. The van der Waals surface area contributed by atoms with Gasteiger partial charge in [-0.3, -0.25) is 4.79 Å². The molecule has 1 aromatic rings. The predicted molar refractivity (Wildman–Crippen MR) is 60.8 cm³/mol. The first-order valence-electron chi connectivity index (χ1n) is 5.76. The Labute approximate surface area is 111 Å². The molecule has 0 amide bonds. The van der Waals surface area contributed by atoms with Gasteiger partial charge in [0.15, 0.2) is 23.3 Å². The number of benzene rings is 1. The zero-order valence-corrected chi connectivity index (χ0v) is 10.4. The van der Waals surface area contributed by atoms with Crippen LogP contribution in [0, 0.1) is 35.0 Å². The summed E-state index contributed by atoms with van der Waals surface area (Å²) in [6, 6.07) is 0. The Hall–Kier alpha value is -1.86. The molecule has 0 fully saturated rings. The van der Waals surface area contributed by atoms with E-state index < -0.39 is 46.7 Å². The second-order valence-electron chi connectivity index (χ2n) is 4.20. The minimum Gasteiger partial charge on any atom is -0.481 e. The molecule has 1 aromatic carbocycles. The van der Waals surface area contributed by atoms with Crippen molar-refractivity contribution in [3.63, 3.8) is 0 Å². The SMILES string of the molecule is CCC(CNc1c(F)c(F)c(F)c(F)c1F)CC(=O)O. The van der Waals surface area contributed by atoms with Crippen LogP contribution in [0.5, 0.6) is 0 Å². The van der Waals surface area contributed by atoms with Crippen molar-refractivity contribution >= 4 is 11.7 Å². The van der Waals surface area contributed by atoms with Crippen molar-refractivity contribution in [2.75, 3.05) is 11.9 Å². The highest BCUT2D eigenvalue weighted by molar-refractivity contribution is 5.67. The lowest BCUT2D eigenvalue weighted by Crippen LogP contribution is -2.19. The molecule has 112 valence electrons. The molecule has 0 spiro atoms. The molecule has 1 atom stereocenters. The Kier molecular flexibility index (Phi) is 5.29. The molecule has 8 heteroatoms. The van der Waals surface area contributed by atoms with E-state index in [1.165, 1.54) is 0 Å². The van der Waals surface area contributed by atoms with Crippen LogP contribution in [0.4, 0.5) is 27.6 Å². The fourth-order valence-electron chi connectivity index (χ4n) is 1.61. The van der Waals surface area contributed by atoms with E-state index in [4.69, 9.17) is 5.11 Å². The molecule has 0 aliphatic heterocycles. The summed E-state index contributed by atoms with van der Waals surface area (Å²) in [5, 5.41) is 10.7. The summed E-state index contributed by atoms with van der Waals surface area (Å²) >= 11 is 0. The highest BCUT2D eigenvalue weighted by Gasteiger charge is 2.26. The molecule has 0 bridgehead atoms. The average Bonchev–Trinajstić information content (AvgIpc) is 2.41. The predicted octanol–water partition coefficient (Wildman–Crippen LogP) is 3.29. The topological polar surface area (TPSA) is 49.3 Å². The molecular formula is C12H12F5NO2. The van der Waals surface area contributed by atoms with Gasteiger partial charge in [0.2, 0.25) is 5.82 Å². The lowest BCUT2D eigenvalue weighted by molar-refractivity contribution is -0.138. The first-order valence-corrected chi connectivity index (χ1v) is 5.76.